The molecule has 2 N–H and O–H groups in total. The number of methoxy groups -OCH3 is 1. The van der Waals surface area contributed by atoms with E-state index in [2.05, 4.69) is 15.4 Å². The van der Waals surface area contributed by atoms with Crippen LogP contribution in [0.25, 0.3) is 0 Å². The normalized spacial score (nSPS) is 9.78. The quantitative estimate of drug-likeness (QED) is 0.436. The van der Waals surface area contributed by atoms with E-state index in [0.717, 1.165) is 6.07 Å². The number of nitrogens with one attached hydrogen (secondary N) is 2. The van der Waals surface area contributed by atoms with E-state index in [0.29, 0.717) is 11.3 Å². The van der Waals surface area contributed by atoms with Gasteiger partial charge in [0.2, 0.25) is 0 Å². The zero-order valence-electron chi connectivity index (χ0n) is 14.4. The Balaban J connectivity index is 2.16. The second-order valence-electron chi connectivity index (χ2n) is 5.39. The number of carbonyl (C=O) groups excluding carboxylic acids is 2. The number of amides is 1. The molecule has 2 rings (SSSR count). The Morgan fingerprint density at radius 1 is 1.26 bits per heavy atom. The Labute approximate surface area is 154 Å². The van der Waals surface area contributed by atoms with Crippen LogP contribution in [-0.2, 0) is 9.53 Å². The van der Waals surface area contributed by atoms with Gasteiger partial charge in [-0.3, -0.25) is 19.7 Å². The van der Waals surface area contributed by atoms with Crippen LogP contribution in [0.5, 0.6) is 0 Å². The maximum absolute atomic E-state index is 12.3. The number of benzene rings is 2. The van der Waals surface area contributed by atoms with Crippen LogP contribution in [0.3, 0.4) is 0 Å². The summed E-state index contributed by atoms with van der Waals surface area (Å²) < 4.78 is 4.50. The topological polar surface area (TPSA) is 134 Å². The lowest BCUT2D eigenvalue weighted by Crippen LogP contribution is -2.14. The van der Waals surface area contributed by atoms with E-state index in [-0.39, 0.29) is 29.9 Å². The molecular formula is C18H16N4O5. The molecule has 9 nitrogen and oxygen atoms in total. The van der Waals surface area contributed by atoms with Gasteiger partial charge in [0, 0.05) is 23.9 Å². The first-order chi connectivity index (χ1) is 12.9. The summed E-state index contributed by atoms with van der Waals surface area (Å²) in [6.45, 7) is 0.153. The van der Waals surface area contributed by atoms with Crippen molar-refractivity contribution in [2.24, 2.45) is 0 Å². The highest BCUT2D eigenvalue weighted by atomic mass is 16.6. The molecule has 27 heavy (non-hydrogen) atoms. The second kappa shape index (κ2) is 8.96. The number of nitro groups is 1. The molecule has 9 heteroatoms. The summed E-state index contributed by atoms with van der Waals surface area (Å²) in [7, 11) is 1.25. The van der Waals surface area contributed by atoms with Crippen LogP contribution < -0.4 is 10.6 Å². The Morgan fingerprint density at radius 2 is 2.04 bits per heavy atom. The van der Waals surface area contributed by atoms with E-state index in [9.17, 15) is 19.7 Å². The number of esters is 1. The molecule has 138 valence electrons. The van der Waals surface area contributed by atoms with Gasteiger partial charge in [-0.2, -0.15) is 5.26 Å². The Hall–Kier alpha value is -3.93. The molecule has 0 aromatic heterocycles. The minimum Gasteiger partial charge on any atom is -0.469 e. The van der Waals surface area contributed by atoms with Gasteiger partial charge in [-0.25, -0.2) is 0 Å². The summed E-state index contributed by atoms with van der Waals surface area (Å²) in [4.78, 5) is 34.1. The van der Waals surface area contributed by atoms with Crippen molar-refractivity contribution in [2.45, 2.75) is 6.42 Å². The number of hydrogen-bond acceptors (Lipinski definition) is 7. The van der Waals surface area contributed by atoms with Gasteiger partial charge >= 0.3 is 5.97 Å². The summed E-state index contributed by atoms with van der Waals surface area (Å²) in [5.41, 5.74) is 0.763. The number of nitrogens with zero attached hydrogens (tertiary/aromatic N) is 2. The number of rotatable bonds is 7. The Morgan fingerprint density at radius 3 is 2.70 bits per heavy atom. The summed E-state index contributed by atoms with van der Waals surface area (Å²) in [5, 5.41) is 25.6. The summed E-state index contributed by atoms with van der Waals surface area (Å²) in [5.74, 6) is -0.991. The summed E-state index contributed by atoms with van der Waals surface area (Å²) >= 11 is 0. The smallest absolute Gasteiger partial charge is 0.307 e. The molecule has 0 saturated heterocycles. The Bertz CT molecular complexity index is 920. The van der Waals surface area contributed by atoms with Crippen molar-refractivity contribution in [3.05, 3.63) is 63.7 Å². The molecule has 0 aliphatic carbocycles. The third-order valence-electron chi connectivity index (χ3n) is 3.58. The van der Waals surface area contributed by atoms with E-state index in [4.69, 9.17) is 5.26 Å². The second-order valence-corrected chi connectivity index (χ2v) is 5.39. The average molecular weight is 368 g/mol. The van der Waals surface area contributed by atoms with Crippen molar-refractivity contribution < 1.29 is 19.2 Å². The predicted octanol–water partition coefficient (Wildman–Crippen LogP) is 2.69. The molecule has 0 radical (unpaired) electrons. The number of nitriles is 1. The first-order valence-corrected chi connectivity index (χ1v) is 7.85. The van der Waals surface area contributed by atoms with Crippen molar-refractivity contribution in [3.8, 4) is 6.07 Å². The van der Waals surface area contributed by atoms with E-state index >= 15 is 0 Å². The molecule has 0 spiro atoms. The Kier molecular flexibility index (Phi) is 6.44. The van der Waals surface area contributed by atoms with Gasteiger partial charge in [0.15, 0.2) is 0 Å². The van der Waals surface area contributed by atoms with Crippen LogP contribution in [0.2, 0.25) is 0 Å². The molecule has 0 atom stereocenters. The van der Waals surface area contributed by atoms with Crippen LogP contribution in [0.4, 0.5) is 17.1 Å². The molecule has 0 fully saturated rings. The van der Waals surface area contributed by atoms with Gasteiger partial charge in [0.05, 0.1) is 30.1 Å². The van der Waals surface area contributed by atoms with Gasteiger partial charge in [-0.05, 0) is 30.3 Å². The van der Waals surface area contributed by atoms with E-state index in [1.54, 1.807) is 18.2 Å². The molecule has 0 aliphatic heterocycles. The lowest BCUT2D eigenvalue weighted by atomic mass is 10.1. The highest BCUT2D eigenvalue weighted by Gasteiger charge is 2.18. The minimum atomic E-state index is -0.618. The molecule has 0 unspecified atom stereocenters. The van der Waals surface area contributed by atoms with Crippen molar-refractivity contribution in [3.63, 3.8) is 0 Å². The molecule has 0 heterocycles. The van der Waals surface area contributed by atoms with Crippen LogP contribution in [-0.4, -0.2) is 30.5 Å². The number of nitro benzene ring substituents is 1. The summed E-state index contributed by atoms with van der Waals surface area (Å²) in [6, 6.07) is 12.2. The molecule has 2 aromatic rings. The fourth-order valence-electron chi connectivity index (χ4n) is 2.24. The van der Waals surface area contributed by atoms with E-state index in [1.807, 2.05) is 6.07 Å². The first kappa shape index (κ1) is 19.4. The van der Waals surface area contributed by atoms with Gasteiger partial charge in [-0.15, -0.1) is 0 Å². The molecule has 2 aromatic carbocycles. The van der Waals surface area contributed by atoms with Crippen molar-refractivity contribution in [1.82, 2.24) is 0 Å². The van der Waals surface area contributed by atoms with Crippen LogP contribution in [0.1, 0.15) is 22.3 Å². The third-order valence-corrected chi connectivity index (χ3v) is 3.58. The fourth-order valence-corrected chi connectivity index (χ4v) is 2.24. The number of anilines is 2. The van der Waals surface area contributed by atoms with Crippen molar-refractivity contribution in [2.75, 3.05) is 24.3 Å². The van der Waals surface area contributed by atoms with E-state index in [1.165, 1.54) is 25.3 Å². The molecule has 1 amide bonds. The van der Waals surface area contributed by atoms with E-state index < -0.39 is 16.8 Å². The van der Waals surface area contributed by atoms with Crippen molar-refractivity contribution in [1.29, 1.82) is 5.26 Å². The maximum atomic E-state index is 12.3. The van der Waals surface area contributed by atoms with Crippen molar-refractivity contribution >= 4 is 28.9 Å². The maximum Gasteiger partial charge on any atom is 0.307 e. The molecule has 0 bridgehead atoms. The average Bonchev–Trinajstić information content (AvgIpc) is 2.67. The largest absolute Gasteiger partial charge is 0.469 e. The lowest BCUT2D eigenvalue weighted by Gasteiger charge is -2.09. The van der Waals surface area contributed by atoms with Crippen LogP contribution in [0.15, 0.2) is 42.5 Å². The summed E-state index contributed by atoms with van der Waals surface area (Å²) in [6.07, 6.45) is 0.0468. The van der Waals surface area contributed by atoms with Gasteiger partial charge in [0.25, 0.3) is 11.6 Å². The zero-order valence-corrected chi connectivity index (χ0v) is 14.4. The molecule has 0 aliphatic rings. The zero-order chi connectivity index (χ0) is 19.8. The van der Waals surface area contributed by atoms with Gasteiger partial charge in [0.1, 0.15) is 5.69 Å². The lowest BCUT2D eigenvalue weighted by molar-refractivity contribution is -0.384. The van der Waals surface area contributed by atoms with Crippen LogP contribution >= 0.6 is 0 Å². The van der Waals surface area contributed by atoms with Gasteiger partial charge in [-0.1, -0.05) is 6.07 Å². The standard InChI is InChI=1S/C18H16N4O5/c1-27-17(23)7-8-20-15-6-5-13(10-16(15)22(25)26)18(24)21-14-4-2-3-12(9-14)11-19/h2-6,9-10,20H,7-8H2,1H3,(H,21,24). The highest BCUT2D eigenvalue weighted by molar-refractivity contribution is 6.05. The molecule has 0 saturated carbocycles. The number of ether oxygens (including phenoxy) is 1. The monoisotopic (exact) mass is 368 g/mol. The molecular weight excluding hydrogens is 352 g/mol. The third kappa shape index (κ3) is 5.27. The number of hydrogen-bond donors (Lipinski definition) is 2. The fraction of sp³-hybridized carbons (Fsp3) is 0.167. The SMILES string of the molecule is COC(=O)CCNc1ccc(C(=O)Nc2cccc(C#N)c2)cc1[N+](=O)[O-]. The van der Waals surface area contributed by atoms with Gasteiger partial charge < -0.3 is 15.4 Å². The van der Waals surface area contributed by atoms with Crippen LogP contribution in [0, 0.1) is 21.4 Å². The first-order valence-electron chi connectivity index (χ1n) is 7.85. The number of carbonyl (C=O) groups is 2. The minimum absolute atomic E-state index is 0.0468. The predicted molar refractivity (Wildman–Crippen MR) is 97.3 cm³/mol. The highest BCUT2D eigenvalue weighted by Crippen LogP contribution is 2.26.